The van der Waals surface area contributed by atoms with Crippen LogP contribution in [0.15, 0.2) is 105 Å². The molecule has 2 aromatic carbocycles. The van der Waals surface area contributed by atoms with Gasteiger partial charge in [0, 0.05) is 48.3 Å². The average molecular weight is 484 g/mol. The quantitative estimate of drug-likeness (QED) is 0.272. The Balaban J connectivity index is 1.20. The second-order valence-corrected chi connectivity index (χ2v) is 9.42. The van der Waals surface area contributed by atoms with E-state index < -0.39 is 5.41 Å². The molecule has 0 aliphatic carbocycles. The van der Waals surface area contributed by atoms with Gasteiger partial charge in [-0.3, -0.25) is 15.0 Å². The summed E-state index contributed by atoms with van der Waals surface area (Å²) in [4.78, 5) is 22.9. The third-order valence-electron chi connectivity index (χ3n) is 6.65. The van der Waals surface area contributed by atoms with Gasteiger partial charge in [0.05, 0.1) is 11.0 Å². The molecule has 0 amide bonds. The van der Waals surface area contributed by atoms with E-state index in [1.807, 2.05) is 85.6 Å². The number of aliphatic imine (C=N–C) groups is 1. The molecule has 1 aliphatic heterocycles. The van der Waals surface area contributed by atoms with Crippen LogP contribution in [-0.2, 0) is 5.41 Å². The lowest BCUT2D eigenvalue weighted by atomic mass is 9.81. The predicted molar refractivity (Wildman–Crippen MR) is 143 cm³/mol. The highest BCUT2D eigenvalue weighted by Gasteiger charge is 2.34. The fourth-order valence-electron chi connectivity index (χ4n) is 4.69. The Hall–Kier alpha value is -4.91. The summed E-state index contributed by atoms with van der Waals surface area (Å²) < 4.78 is 12.0. The van der Waals surface area contributed by atoms with Crippen LogP contribution < -0.4 is 0 Å². The SMILES string of the molecule is CC1(c2nc3ccccc3o2)C=NC=C(c2cncc(-c3cncc(-c4nc5ccccc5o4)c3)c2)C1. The zero-order valence-electron chi connectivity index (χ0n) is 20.0. The molecule has 7 heteroatoms. The van der Waals surface area contributed by atoms with Crippen molar-refractivity contribution < 1.29 is 8.83 Å². The molecule has 0 fully saturated rings. The number of fused-ring (bicyclic) bond motifs is 2. The maximum atomic E-state index is 6.10. The Bertz CT molecular complexity index is 1780. The number of para-hydroxylation sites is 4. The van der Waals surface area contributed by atoms with E-state index in [-0.39, 0.29) is 0 Å². The molecule has 1 atom stereocenters. The highest BCUT2D eigenvalue weighted by atomic mass is 16.4. The van der Waals surface area contributed by atoms with E-state index in [0.29, 0.717) is 18.2 Å². The average Bonchev–Trinajstić information content (AvgIpc) is 3.59. The van der Waals surface area contributed by atoms with Gasteiger partial charge in [0.25, 0.3) is 0 Å². The van der Waals surface area contributed by atoms with Gasteiger partial charge in [0.1, 0.15) is 11.0 Å². The second kappa shape index (κ2) is 8.34. The van der Waals surface area contributed by atoms with Crippen LogP contribution in [0.3, 0.4) is 0 Å². The first-order chi connectivity index (χ1) is 18.1. The molecule has 1 unspecified atom stereocenters. The Morgan fingerprint density at radius 3 is 2.05 bits per heavy atom. The number of oxazole rings is 2. The lowest BCUT2D eigenvalue weighted by Crippen LogP contribution is -2.26. The maximum Gasteiger partial charge on any atom is 0.228 e. The minimum absolute atomic E-state index is 0.465. The Morgan fingerprint density at radius 2 is 1.32 bits per heavy atom. The van der Waals surface area contributed by atoms with E-state index in [0.717, 1.165) is 50.0 Å². The van der Waals surface area contributed by atoms with Crippen LogP contribution in [0.2, 0.25) is 0 Å². The van der Waals surface area contributed by atoms with Crippen LogP contribution in [0, 0.1) is 0 Å². The molecule has 37 heavy (non-hydrogen) atoms. The van der Waals surface area contributed by atoms with Crippen molar-refractivity contribution in [3.8, 4) is 22.6 Å². The van der Waals surface area contributed by atoms with Gasteiger partial charge in [-0.1, -0.05) is 24.3 Å². The van der Waals surface area contributed by atoms with Gasteiger partial charge in [-0.25, -0.2) is 9.97 Å². The first kappa shape index (κ1) is 21.4. The number of aromatic nitrogens is 4. The van der Waals surface area contributed by atoms with Crippen molar-refractivity contribution in [1.82, 2.24) is 19.9 Å². The summed E-state index contributed by atoms with van der Waals surface area (Å²) in [7, 11) is 0. The van der Waals surface area contributed by atoms with E-state index in [1.54, 1.807) is 6.20 Å². The Kier molecular flexibility index (Phi) is 4.82. The molecule has 0 bridgehead atoms. The van der Waals surface area contributed by atoms with Crippen LogP contribution in [0.5, 0.6) is 0 Å². The number of hydrogen-bond donors (Lipinski definition) is 0. The lowest BCUT2D eigenvalue weighted by molar-refractivity contribution is 0.447. The summed E-state index contributed by atoms with van der Waals surface area (Å²) in [5.74, 6) is 1.19. The van der Waals surface area contributed by atoms with Crippen LogP contribution in [0.25, 0.3) is 50.4 Å². The third-order valence-corrected chi connectivity index (χ3v) is 6.65. The highest BCUT2D eigenvalue weighted by Crippen LogP contribution is 2.38. The molecular formula is C30H21N5O2. The number of benzene rings is 2. The van der Waals surface area contributed by atoms with Crippen LogP contribution in [-0.4, -0.2) is 26.2 Å². The van der Waals surface area contributed by atoms with E-state index in [9.17, 15) is 0 Å². The molecule has 178 valence electrons. The Morgan fingerprint density at radius 1 is 0.703 bits per heavy atom. The maximum absolute atomic E-state index is 6.10. The topological polar surface area (TPSA) is 90.2 Å². The van der Waals surface area contributed by atoms with Gasteiger partial charge in [0.15, 0.2) is 11.2 Å². The number of hydrogen-bond acceptors (Lipinski definition) is 7. The summed E-state index contributed by atoms with van der Waals surface area (Å²) in [5.41, 5.74) is 7.46. The van der Waals surface area contributed by atoms with E-state index in [1.165, 1.54) is 0 Å². The number of pyridine rings is 2. The third kappa shape index (κ3) is 3.81. The fraction of sp³-hybridized carbons (Fsp3) is 0.100. The normalized spacial score (nSPS) is 17.4. The van der Waals surface area contributed by atoms with E-state index in [4.69, 9.17) is 13.8 Å². The van der Waals surface area contributed by atoms with Crippen molar-refractivity contribution in [3.63, 3.8) is 0 Å². The van der Waals surface area contributed by atoms with E-state index in [2.05, 4.69) is 32.9 Å². The standard InChI is InChI=1S/C30H21N5O2/c1-30(29-35-25-7-3-5-9-27(25)37-29)12-23(17-33-18-30)21-10-19(13-31-15-21)20-11-22(16-32-14-20)28-34-24-6-2-4-8-26(24)36-28/h2-11,13-18H,12H2,1H3. The van der Waals surface area contributed by atoms with Gasteiger partial charge in [-0.2, -0.15) is 0 Å². The largest absolute Gasteiger partial charge is 0.440 e. The molecule has 1 aliphatic rings. The summed E-state index contributed by atoms with van der Waals surface area (Å²) in [6.45, 7) is 2.10. The van der Waals surface area contributed by atoms with E-state index >= 15 is 0 Å². The summed E-state index contributed by atoms with van der Waals surface area (Å²) in [5, 5.41) is 0. The molecule has 0 saturated carbocycles. The van der Waals surface area contributed by atoms with Gasteiger partial charge < -0.3 is 8.83 Å². The molecular weight excluding hydrogens is 462 g/mol. The van der Waals surface area contributed by atoms with Crippen LogP contribution >= 0.6 is 0 Å². The van der Waals surface area contributed by atoms with Crippen LogP contribution in [0.1, 0.15) is 24.8 Å². The zero-order valence-corrected chi connectivity index (χ0v) is 20.0. The van der Waals surface area contributed by atoms with Crippen molar-refractivity contribution in [1.29, 1.82) is 0 Å². The molecule has 7 nitrogen and oxygen atoms in total. The fourth-order valence-corrected chi connectivity index (χ4v) is 4.69. The minimum Gasteiger partial charge on any atom is -0.440 e. The number of rotatable bonds is 4. The van der Waals surface area contributed by atoms with Crippen molar-refractivity contribution in [3.05, 3.63) is 103 Å². The smallest absolute Gasteiger partial charge is 0.228 e. The van der Waals surface area contributed by atoms with Crippen LogP contribution in [0.4, 0.5) is 0 Å². The van der Waals surface area contributed by atoms with Gasteiger partial charge in [-0.05, 0) is 60.9 Å². The molecule has 5 heterocycles. The number of nitrogens with zero attached hydrogens (tertiary/aromatic N) is 5. The molecule has 0 radical (unpaired) electrons. The monoisotopic (exact) mass is 483 g/mol. The van der Waals surface area contributed by atoms with Crippen molar-refractivity contribution in [2.24, 2.45) is 4.99 Å². The minimum atomic E-state index is -0.465. The summed E-state index contributed by atoms with van der Waals surface area (Å²) in [6.07, 6.45) is 11.8. The Labute approximate surface area is 212 Å². The second-order valence-electron chi connectivity index (χ2n) is 9.42. The molecule has 0 saturated heterocycles. The van der Waals surface area contributed by atoms with Gasteiger partial charge >= 0.3 is 0 Å². The van der Waals surface area contributed by atoms with Crippen molar-refractivity contribution in [2.75, 3.05) is 0 Å². The predicted octanol–water partition coefficient (Wildman–Crippen LogP) is 6.87. The first-order valence-electron chi connectivity index (χ1n) is 12.0. The molecule has 0 N–H and O–H groups in total. The molecule has 6 aromatic rings. The summed E-state index contributed by atoms with van der Waals surface area (Å²) >= 11 is 0. The molecule has 7 rings (SSSR count). The van der Waals surface area contributed by atoms with Crippen molar-refractivity contribution >= 4 is 34.0 Å². The van der Waals surface area contributed by atoms with Gasteiger partial charge in [-0.15, -0.1) is 0 Å². The van der Waals surface area contributed by atoms with Gasteiger partial charge in [0.2, 0.25) is 11.8 Å². The first-order valence-corrected chi connectivity index (χ1v) is 12.0. The lowest BCUT2D eigenvalue weighted by Gasteiger charge is -2.25. The summed E-state index contributed by atoms with van der Waals surface area (Å²) in [6, 6.07) is 19.7. The zero-order chi connectivity index (χ0) is 24.8. The molecule has 0 spiro atoms. The number of allylic oxidation sites excluding steroid dienone is 1. The highest BCUT2D eigenvalue weighted by molar-refractivity contribution is 5.84. The van der Waals surface area contributed by atoms with Crippen molar-refractivity contribution in [2.45, 2.75) is 18.8 Å². The molecule has 4 aromatic heterocycles.